The molecule has 3 rings (SSSR count). The van der Waals surface area contributed by atoms with Crippen molar-refractivity contribution in [3.63, 3.8) is 0 Å². The molecule has 0 saturated heterocycles. The van der Waals surface area contributed by atoms with Crippen LogP contribution >= 0.6 is 0 Å². The van der Waals surface area contributed by atoms with E-state index in [1.807, 2.05) is 24.3 Å². The van der Waals surface area contributed by atoms with Gasteiger partial charge in [-0.25, -0.2) is 0 Å². The summed E-state index contributed by atoms with van der Waals surface area (Å²) in [5.41, 5.74) is 1.57. The molecule has 6 nitrogen and oxygen atoms in total. The van der Waals surface area contributed by atoms with E-state index in [1.165, 1.54) is 13.2 Å². The predicted octanol–water partition coefficient (Wildman–Crippen LogP) is 3.73. The molecule has 1 aliphatic rings. The lowest BCUT2D eigenvalue weighted by Gasteiger charge is -2.18. The minimum absolute atomic E-state index is 0.0923. The Hall–Kier alpha value is -3.09. The number of benzene rings is 2. The van der Waals surface area contributed by atoms with Crippen LogP contribution in [0.2, 0.25) is 0 Å². The molecule has 0 atom stereocenters. The van der Waals surface area contributed by atoms with Crippen LogP contribution in [0.1, 0.15) is 5.56 Å². The summed E-state index contributed by atoms with van der Waals surface area (Å²) in [7, 11) is 1.39. The fourth-order valence-corrected chi connectivity index (χ4v) is 2.72. The van der Waals surface area contributed by atoms with E-state index in [0.29, 0.717) is 6.54 Å². The normalized spacial score (nSPS) is 13.1. The summed E-state index contributed by atoms with van der Waals surface area (Å²) < 4.78 is 18.9. The van der Waals surface area contributed by atoms with Crippen LogP contribution in [0.15, 0.2) is 48.6 Å². The van der Waals surface area contributed by atoms with Crippen molar-refractivity contribution in [2.45, 2.75) is 6.54 Å². The Labute approximate surface area is 144 Å². The van der Waals surface area contributed by atoms with Gasteiger partial charge >= 0.3 is 5.69 Å². The standard InChI is InChI=1S/C18H18FN3O3/c1-25-15-10-16(19)18(22(23)24)17(11-15)20-12-13-4-6-14(7-5-13)21-8-2-3-9-21/h2-7,10-11,20H,8-9,12H2,1H3. The van der Waals surface area contributed by atoms with Crippen LogP contribution in [-0.4, -0.2) is 25.1 Å². The zero-order chi connectivity index (χ0) is 17.8. The summed E-state index contributed by atoms with van der Waals surface area (Å²) in [6.45, 7) is 2.13. The maximum Gasteiger partial charge on any atom is 0.327 e. The topological polar surface area (TPSA) is 67.6 Å². The first-order valence-electron chi connectivity index (χ1n) is 7.83. The Morgan fingerprint density at radius 2 is 1.92 bits per heavy atom. The van der Waals surface area contributed by atoms with Gasteiger partial charge in [0.25, 0.3) is 0 Å². The number of nitrogens with zero attached hydrogens (tertiary/aromatic N) is 2. The number of hydrogen-bond acceptors (Lipinski definition) is 5. The SMILES string of the molecule is COc1cc(F)c([N+](=O)[O-])c(NCc2ccc(N3CC=CC3)cc2)c1. The van der Waals surface area contributed by atoms with E-state index in [1.54, 1.807) is 0 Å². The van der Waals surface area contributed by atoms with Crippen LogP contribution in [0, 0.1) is 15.9 Å². The zero-order valence-electron chi connectivity index (χ0n) is 13.7. The van der Waals surface area contributed by atoms with Crippen molar-refractivity contribution in [2.75, 3.05) is 30.4 Å². The number of anilines is 2. The quantitative estimate of drug-likeness (QED) is 0.492. The highest BCUT2D eigenvalue weighted by atomic mass is 19.1. The third-order valence-electron chi connectivity index (χ3n) is 4.06. The summed E-state index contributed by atoms with van der Waals surface area (Å²) in [4.78, 5) is 12.6. The maximum atomic E-state index is 13.9. The molecule has 2 aromatic carbocycles. The van der Waals surface area contributed by atoms with Gasteiger partial charge < -0.3 is 15.0 Å². The second-order valence-electron chi connectivity index (χ2n) is 5.66. The van der Waals surface area contributed by atoms with Crippen molar-refractivity contribution in [1.29, 1.82) is 0 Å². The van der Waals surface area contributed by atoms with Gasteiger partial charge in [0.05, 0.1) is 12.0 Å². The highest BCUT2D eigenvalue weighted by molar-refractivity contribution is 5.65. The van der Waals surface area contributed by atoms with E-state index >= 15 is 0 Å². The number of nitrogens with one attached hydrogen (secondary N) is 1. The van der Waals surface area contributed by atoms with Crippen molar-refractivity contribution in [1.82, 2.24) is 0 Å². The third kappa shape index (κ3) is 3.71. The summed E-state index contributed by atoms with van der Waals surface area (Å²) in [6, 6.07) is 10.3. The van der Waals surface area contributed by atoms with E-state index in [2.05, 4.69) is 22.4 Å². The van der Waals surface area contributed by atoms with Crippen molar-refractivity contribution < 1.29 is 14.1 Å². The van der Waals surface area contributed by atoms with Gasteiger partial charge in [-0.05, 0) is 17.7 Å². The molecule has 0 aliphatic carbocycles. The number of nitro benzene ring substituents is 1. The van der Waals surface area contributed by atoms with Gasteiger partial charge in [-0.2, -0.15) is 4.39 Å². The van der Waals surface area contributed by atoms with Crippen LogP contribution in [0.25, 0.3) is 0 Å². The van der Waals surface area contributed by atoms with Gasteiger partial charge in [0.2, 0.25) is 5.82 Å². The Balaban J connectivity index is 1.74. The van der Waals surface area contributed by atoms with Gasteiger partial charge in [0.1, 0.15) is 11.4 Å². The van der Waals surface area contributed by atoms with E-state index in [4.69, 9.17) is 4.74 Å². The van der Waals surface area contributed by atoms with Crippen molar-refractivity contribution >= 4 is 17.1 Å². The van der Waals surface area contributed by atoms with Crippen LogP contribution in [0.4, 0.5) is 21.5 Å². The molecule has 130 valence electrons. The molecule has 1 N–H and O–H groups in total. The molecular formula is C18H18FN3O3. The lowest BCUT2D eigenvalue weighted by atomic mass is 10.1. The molecule has 25 heavy (non-hydrogen) atoms. The number of methoxy groups -OCH3 is 1. The molecule has 1 aliphatic heterocycles. The second-order valence-corrected chi connectivity index (χ2v) is 5.66. The lowest BCUT2D eigenvalue weighted by molar-refractivity contribution is -0.386. The Morgan fingerprint density at radius 1 is 1.24 bits per heavy atom. The van der Waals surface area contributed by atoms with E-state index in [9.17, 15) is 14.5 Å². The molecule has 0 unspecified atom stereocenters. The number of rotatable bonds is 6. The highest BCUT2D eigenvalue weighted by Crippen LogP contribution is 2.32. The van der Waals surface area contributed by atoms with Gasteiger partial charge in [0.15, 0.2) is 0 Å². The summed E-state index contributed by atoms with van der Waals surface area (Å²) >= 11 is 0. The molecular weight excluding hydrogens is 325 g/mol. The van der Waals surface area contributed by atoms with Crippen LogP contribution in [0.3, 0.4) is 0 Å². The van der Waals surface area contributed by atoms with Crippen LogP contribution < -0.4 is 15.0 Å². The molecule has 2 aromatic rings. The first kappa shape index (κ1) is 16.8. The molecule has 0 bridgehead atoms. The summed E-state index contributed by atoms with van der Waals surface area (Å²) in [5, 5.41) is 14.0. The third-order valence-corrected chi connectivity index (χ3v) is 4.06. The molecule has 0 spiro atoms. The fraction of sp³-hybridized carbons (Fsp3) is 0.222. The Morgan fingerprint density at radius 3 is 2.52 bits per heavy atom. The molecule has 0 saturated carbocycles. The van der Waals surface area contributed by atoms with Gasteiger partial charge in [0, 0.05) is 37.5 Å². The average molecular weight is 343 g/mol. The number of nitro groups is 1. The van der Waals surface area contributed by atoms with Gasteiger partial charge in [-0.1, -0.05) is 24.3 Å². The Kier molecular flexibility index (Phi) is 4.83. The van der Waals surface area contributed by atoms with E-state index in [0.717, 1.165) is 30.4 Å². The number of ether oxygens (including phenoxy) is 1. The monoisotopic (exact) mass is 343 g/mol. The van der Waals surface area contributed by atoms with E-state index < -0.39 is 16.4 Å². The molecule has 0 amide bonds. The first-order valence-corrected chi connectivity index (χ1v) is 7.83. The van der Waals surface area contributed by atoms with E-state index in [-0.39, 0.29) is 11.4 Å². The summed E-state index contributed by atoms with van der Waals surface area (Å²) in [5.74, 6) is -0.703. The lowest BCUT2D eigenvalue weighted by Crippen LogP contribution is -2.18. The van der Waals surface area contributed by atoms with Crippen LogP contribution in [-0.2, 0) is 6.54 Å². The highest BCUT2D eigenvalue weighted by Gasteiger charge is 2.22. The molecule has 0 radical (unpaired) electrons. The number of hydrogen-bond donors (Lipinski definition) is 1. The molecule has 1 heterocycles. The second kappa shape index (κ2) is 7.21. The van der Waals surface area contributed by atoms with Crippen molar-refractivity contribution in [3.05, 3.63) is 70.0 Å². The first-order chi connectivity index (χ1) is 12.1. The smallest absolute Gasteiger partial charge is 0.327 e. The minimum Gasteiger partial charge on any atom is -0.497 e. The molecule has 7 heteroatoms. The molecule has 0 aromatic heterocycles. The zero-order valence-corrected chi connectivity index (χ0v) is 13.7. The fourth-order valence-electron chi connectivity index (χ4n) is 2.72. The largest absolute Gasteiger partial charge is 0.497 e. The van der Waals surface area contributed by atoms with Gasteiger partial charge in [-0.3, -0.25) is 10.1 Å². The molecule has 0 fully saturated rings. The minimum atomic E-state index is -0.927. The van der Waals surface area contributed by atoms with Gasteiger partial charge in [-0.15, -0.1) is 0 Å². The predicted molar refractivity (Wildman–Crippen MR) is 94.7 cm³/mol. The summed E-state index contributed by atoms with van der Waals surface area (Å²) in [6.07, 6.45) is 4.23. The van der Waals surface area contributed by atoms with Crippen molar-refractivity contribution in [2.24, 2.45) is 0 Å². The maximum absolute atomic E-state index is 13.9. The number of halogens is 1. The van der Waals surface area contributed by atoms with Crippen molar-refractivity contribution in [3.8, 4) is 5.75 Å². The Bertz CT molecular complexity index is 798. The average Bonchev–Trinajstić information content (AvgIpc) is 3.14. The van der Waals surface area contributed by atoms with Crippen LogP contribution in [0.5, 0.6) is 5.75 Å².